The zero-order valence-corrected chi connectivity index (χ0v) is 13.4. The lowest BCUT2D eigenvalue weighted by atomic mass is 10.1. The topological polar surface area (TPSA) is 30.9 Å². The Morgan fingerprint density at radius 1 is 1.19 bits per heavy atom. The molecular weight excluding hydrogens is 351 g/mol. The average Bonchev–Trinajstić information content (AvgIpc) is 2.87. The number of thiocarbonyl (C=S) groups is 1. The van der Waals surface area contributed by atoms with E-state index >= 15 is 0 Å². The summed E-state index contributed by atoms with van der Waals surface area (Å²) in [6.07, 6.45) is 1.96. The van der Waals surface area contributed by atoms with E-state index in [0.717, 1.165) is 22.0 Å². The molecule has 1 aromatic heterocycles. The van der Waals surface area contributed by atoms with E-state index in [1.165, 1.54) is 6.07 Å². The molecule has 0 saturated heterocycles. The van der Waals surface area contributed by atoms with Crippen LogP contribution < -0.4 is 5.73 Å². The third-order valence-corrected chi connectivity index (χ3v) is 4.56. The van der Waals surface area contributed by atoms with Crippen LogP contribution in [0.1, 0.15) is 11.1 Å². The SMILES string of the molecule is NC(=S)c1cccc2c1ccn2Cc1cccc(F)c1Br. The molecule has 3 aromatic rings. The maximum Gasteiger partial charge on any atom is 0.137 e. The van der Waals surface area contributed by atoms with Crippen LogP contribution in [0.4, 0.5) is 4.39 Å². The van der Waals surface area contributed by atoms with Crippen LogP contribution in [0.5, 0.6) is 0 Å². The van der Waals surface area contributed by atoms with Gasteiger partial charge in [-0.3, -0.25) is 0 Å². The second-order valence-corrected chi connectivity index (χ2v) is 5.99. The number of nitrogens with zero attached hydrogens (tertiary/aromatic N) is 1. The minimum atomic E-state index is -0.257. The monoisotopic (exact) mass is 362 g/mol. The Bertz CT molecular complexity index is 841. The lowest BCUT2D eigenvalue weighted by Crippen LogP contribution is -2.09. The van der Waals surface area contributed by atoms with E-state index < -0.39 is 0 Å². The molecule has 5 heteroatoms. The molecule has 0 aliphatic heterocycles. The van der Waals surface area contributed by atoms with Crippen LogP contribution in [-0.4, -0.2) is 9.56 Å². The van der Waals surface area contributed by atoms with Crippen molar-refractivity contribution in [3.05, 3.63) is 70.1 Å². The maximum absolute atomic E-state index is 13.6. The first-order chi connectivity index (χ1) is 10.1. The maximum atomic E-state index is 13.6. The standard InChI is InChI=1S/C16H12BrFN2S/c17-15-10(3-1-5-13(15)18)9-20-8-7-11-12(16(19)21)4-2-6-14(11)20/h1-8H,9H2,(H2,19,21). The molecule has 0 fully saturated rings. The smallest absolute Gasteiger partial charge is 0.137 e. The third-order valence-electron chi connectivity index (χ3n) is 3.45. The number of fused-ring (bicyclic) bond motifs is 1. The summed E-state index contributed by atoms with van der Waals surface area (Å²) in [5, 5.41) is 1.01. The molecule has 3 rings (SSSR count). The molecule has 2 N–H and O–H groups in total. The first-order valence-corrected chi connectivity index (χ1v) is 7.58. The largest absolute Gasteiger partial charge is 0.389 e. The summed E-state index contributed by atoms with van der Waals surface area (Å²) in [5.41, 5.74) is 8.52. The molecule has 0 spiro atoms. The molecule has 0 aliphatic rings. The average molecular weight is 363 g/mol. The van der Waals surface area contributed by atoms with E-state index in [-0.39, 0.29) is 5.82 Å². The van der Waals surface area contributed by atoms with Crippen LogP contribution in [0.3, 0.4) is 0 Å². The fourth-order valence-electron chi connectivity index (χ4n) is 2.43. The van der Waals surface area contributed by atoms with Crippen molar-refractivity contribution in [2.24, 2.45) is 5.73 Å². The van der Waals surface area contributed by atoms with Crippen LogP contribution in [0, 0.1) is 5.82 Å². The Kier molecular flexibility index (Phi) is 3.78. The van der Waals surface area contributed by atoms with Gasteiger partial charge >= 0.3 is 0 Å². The van der Waals surface area contributed by atoms with Gasteiger partial charge in [0.05, 0.1) is 4.47 Å². The van der Waals surface area contributed by atoms with Crippen LogP contribution in [0.25, 0.3) is 10.9 Å². The van der Waals surface area contributed by atoms with Gasteiger partial charge in [-0.15, -0.1) is 0 Å². The van der Waals surface area contributed by atoms with Gasteiger partial charge in [0.25, 0.3) is 0 Å². The molecule has 2 aromatic carbocycles. The van der Waals surface area contributed by atoms with Crippen molar-refractivity contribution < 1.29 is 4.39 Å². The zero-order chi connectivity index (χ0) is 15.0. The van der Waals surface area contributed by atoms with Crippen molar-refractivity contribution in [1.29, 1.82) is 0 Å². The molecule has 1 heterocycles. The minimum absolute atomic E-state index is 0.257. The van der Waals surface area contributed by atoms with Crippen molar-refractivity contribution in [1.82, 2.24) is 4.57 Å². The molecule has 0 unspecified atom stereocenters. The number of hydrogen-bond donors (Lipinski definition) is 1. The van der Waals surface area contributed by atoms with Crippen LogP contribution in [0.15, 0.2) is 53.1 Å². The van der Waals surface area contributed by atoms with Crippen LogP contribution in [-0.2, 0) is 6.54 Å². The van der Waals surface area contributed by atoms with Gasteiger partial charge < -0.3 is 10.3 Å². The predicted octanol–water partition coefficient (Wildman–Crippen LogP) is 4.23. The van der Waals surface area contributed by atoms with Crippen LogP contribution >= 0.6 is 28.1 Å². The molecule has 0 radical (unpaired) electrons. The molecule has 0 saturated carbocycles. The Morgan fingerprint density at radius 2 is 1.95 bits per heavy atom. The molecule has 106 valence electrons. The van der Waals surface area contributed by atoms with Gasteiger partial charge in [-0.25, -0.2) is 4.39 Å². The number of halogens is 2. The Morgan fingerprint density at radius 3 is 2.71 bits per heavy atom. The van der Waals surface area contributed by atoms with Gasteiger partial charge in [-0.1, -0.05) is 36.5 Å². The number of hydrogen-bond acceptors (Lipinski definition) is 1. The van der Waals surface area contributed by atoms with Gasteiger partial charge in [0.2, 0.25) is 0 Å². The lowest BCUT2D eigenvalue weighted by Gasteiger charge is -2.09. The fourth-order valence-corrected chi connectivity index (χ4v) is 3.00. The van der Waals surface area contributed by atoms with Gasteiger partial charge in [0.15, 0.2) is 0 Å². The molecule has 2 nitrogen and oxygen atoms in total. The molecular formula is C16H12BrFN2S. The summed E-state index contributed by atoms with van der Waals surface area (Å²) in [6, 6.07) is 12.9. The van der Waals surface area contributed by atoms with E-state index in [4.69, 9.17) is 18.0 Å². The molecule has 0 amide bonds. The lowest BCUT2D eigenvalue weighted by molar-refractivity contribution is 0.616. The summed E-state index contributed by atoms with van der Waals surface area (Å²) >= 11 is 8.38. The summed E-state index contributed by atoms with van der Waals surface area (Å²) in [5.74, 6) is -0.257. The van der Waals surface area contributed by atoms with Crippen molar-refractivity contribution in [3.63, 3.8) is 0 Å². The summed E-state index contributed by atoms with van der Waals surface area (Å²) in [6.45, 7) is 0.572. The normalized spacial score (nSPS) is 11.0. The van der Waals surface area contributed by atoms with Gasteiger partial charge in [-0.05, 0) is 39.7 Å². The Labute approximate surface area is 135 Å². The zero-order valence-electron chi connectivity index (χ0n) is 11.0. The van der Waals surface area contributed by atoms with Crippen molar-refractivity contribution >= 4 is 44.0 Å². The first kappa shape index (κ1) is 14.2. The van der Waals surface area contributed by atoms with Crippen molar-refractivity contribution in [3.8, 4) is 0 Å². The summed E-state index contributed by atoms with van der Waals surface area (Å²) in [4.78, 5) is 0.380. The number of rotatable bonds is 3. The first-order valence-electron chi connectivity index (χ1n) is 6.38. The molecule has 21 heavy (non-hydrogen) atoms. The quantitative estimate of drug-likeness (QED) is 0.707. The highest BCUT2D eigenvalue weighted by Crippen LogP contribution is 2.25. The molecule has 0 atom stereocenters. The van der Waals surface area contributed by atoms with Gasteiger partial charge in [-0.2, -0.15) is 0 Å². The number of aromatic nitrogens is 1. The number of nitrogens with two attached hydrogens (primary N) is 1. The Balaban J connectivity index is 2.08. The van der Waals surface area contributed by atoms with Gasteiger partial charge in [0, 0.05) is 29.2 Å². The fraction of sp³-hybridized carbons (Fsp3) is 0.0625. The highest BCUT2D eigenvalue weighted by atomic mass is 79.9. The van der Waals surface area contributed by atoms with Crippen LogP contribution in [0.2, 0.25) is 0 Å². The van der Waals surface area contributed by atoms with E-state index in [1.54, 1.807) is 6.07 Å². The predicted molar refractivity (Wildman–Crippen MR) is 91.0 cm³/mol. The highest BCUT2D eigenvalue weighted by molar-refractivity contribution is 9.10. The highest BCUT2D eigenvalue weighted by Gasteiger charge is 2.10. The van der Waals surface area contributed by atoms with Crippen molar-refractivity contribution in [2.75, 3.05) is 0 Å². The molecule has 0 aliphatic carbocycles. The van der Waals surface area contributed by atoms with E-state index in [1.807, 2.05) is 36.5 Å². The third kappa shape index (κ3) is 2.59. The van der Waals surface area contributed by atoms with E-state index in [9.17, 15) is 4.39 Å². The summed E-state index contributed by atoms with van der Waals surface area (Å²) in [7, 11) is 0. The minimum Gasteiger partial charge on any atom is -0.389 e. The second kappa shape index (κ2) is 5.58. The number of benzene rings is 2. The molecule has 0 bridgehead atoms. The Hall–Kier alpha value is -1.72. The van der Waals surface area contributed by atoms with E-state index in [2.05, 4.69) is 20.5 Å². The van der Waals surface area contributed by atoms with Gasteiger partial charge in [0.1, 0.15) is 10.8 Å². The summed E-state index contributed by atoms with van der Waals surface area (Å²) < 4.78 is 16.2. The van der Waals surface area contributed by atoms with E-state index in [0.29, 0.717) is 16.0 Å². The second-order valence-electron chi connectivity index (χ2n) is 4.76. The van der Waals surface area contributed by atoms with Crippen molar-refractivity contribution in [2.45, 2.75) is 6.54 Å².